The maximum absolute atomic E-state index is 11.5. The second-order valence-corrected chi connectivity index (χ2v) is 4.82. The number of aromatic nitrogens is 3. The first-order chi connectivity index (χ1) is 8.34. The van der Waals surface area contributed by atoms with E-state index >= 15 is 0 Å². The number of rotatable bonds is 1. The fourth-order valence-corrected chi connectivity index (χ4v) is 2.91. The second-order valence-electron chi connectivity index (χ2n) is 3.73. The van der Waals surface area contributed by atoms with Gasteiger partial charge in [0, 0.05) is 18.0 Å². The highest BCUT2D eigenvalue weighted by atomic mass is 32.2. The number of amides is 1. The number of nitrogens with zero attached hydrogens (tertiary/aromatic N) is 2. The molecule has 0 saturated carbocycles. The molecular weight excluding hydrogens is 236 g/mol. The van der Waals surface area contributed by atoms with Gasteiger partial charge >= 0.3 is 0 Å². The van der Waals surface area contributed by atoms with Gasteiger partial charge in [0.1, 0.15) is 5.82 Å². The number of pyridine rings is 1. The molecule has 1 amide bonds. The molecule has 3 heterocycles. The summed E-state index contributed by atoms with van der Waals surface area (Å²) in [7, 11) is 0. The molecule has 5 nitrogen and oxygen atoms in total. The minimum atomic E-state index is -0.00751. The van der Waals surface area contributed by atoms with Crippen molar-refractivity contribution in [2.75, 3.05) is 11.1 Å². The molecule has 2 aromatic rings. The summed E-state index contributed by atoms with van der Waals surface area (Å²) in [6, 6.07) is 3.91. The van der Waals surface area contributed by atoms with Crippen molar-refractivity contribution >= 4 is 23.5 Å². The lowest BCUT2D eigenvalue weighted by Gasteiger charge is -2.12. The van der Waals surface area contributed by atoms with Crippen LogP contribution in [0.2, 0.25) is 0 Å². The topological polar surface area (TPSA) is 70.7 Å². The molecule has 6 heteroatoms. The smallest absolute Gasteiger partial charge is 0.235 e. The third-order valence-corrected chi connectivity index (χ3v) is 3.87. The van der Waals surface area contributed by atoms with Crippen LogP contribution in [0.1, 0.15) is 16.4 Å². The van der Waals surface area contributed by atoms with Crippen molar-refractivity contribution in [3.8, 4) is 0 Å². The van der Waals surface area contributed by atoms with Gasteiger partial charge < -0.3 is 5.32 Å². The number of anilines is 1. The van der Waals surface area contributed by atoms with Crippen molar-refractivity contribution in [1.82, 2.24) is 15.2 Å². The maximum Gasteiger partial charge on any atom is 0.235 e. The number of fused-ring (bicyclic) bond motifs is 1. The number of thioether (sulfide) groups is 1. The van der Waals surface area contributed by atoms with Crippen LogP contribution in [0, 0.1) is 0 Å². The second kappa shape index (κ2) is 4.21. The highest BCUT2D eigenvalue weighted by Crippen LogP contribution is 2.39. The fourth-order valence-electron chi connectivity index (χ4n) is 1.83. The molecule has 86 valence electrons. The molecule has 0 bridgehead atoms. The van der Waals surface area contributed by atoms with E-state index in [0.717, 1.165) is 11.1 Å². The molecule has 17 heavy (non-hydrogen) atoms. The van der Waals surface area contributed by atoms with E-state index in [0.29, 0.717) is 11.6 Å². The maximum atomic E-state index is 11.5. The van der Waals surface area contributed by atoms with E-state index in [2.05, 4.69) is 20.5 Å². The van der Waals surface area contributed by atoms with Gasteiger partial charge in [-0.15, -0.1) is 11.8 Å². The minimum Gasteiger partial charge on any atom is -0.310 e. The molecule has 1 aliphatic rings. The monoisotopic (exact) mass is 246 g/mol. The summed E-state index contributed by atoms with van der Waals surface area (Å²) < 4.78 is 0. The number of carbonyl (C=O) groups is 1. The first kappa shape index (κ1) is 10.3. The third-order valence-electron chi connectivity index (χ3n) is 2.58. The molecule has 0 spiro atoms. The largest absolute Gasteiger partial charge is 0.310 e. The standard InChI is InChI=1S/C11H10N4OS/c16-9-6-17-10(7-2-1-3-12-4-7)8-5-13-15-11(8)14-9/h1-5,10H,6H2,(H2,13,14,15,16)/t10-/m1/s1. The van der Waals surface area contributed by atoms with Crippen LogP contribution < -0.4 is 5.32 Å². The Labute approximate surface area is 102 Å². The first-order valence-electron chi connectivity index (χ1n) is 5.19. The first-order valence-corrected chi connectivity index (χ1v) is 6.24. The third kappa shape index (κ3) is 1.91. The lowest BCUT2D eigenvalue weighted by atomic mass is 10.1. The lowest BCUT2D eigenvalue weighted by Crippen LogP contribution is -2.12. The summed E-state index contributed by atoms with van der Waals surface area (Å²) in [5, 5.41) is 9.69. The zero-order valence-corrected chi connectivity index (χ0v) is 9.70. The highest BCUT2D eigenvalue weighted by molar-refractivity contribution is 8.00. The number of hydrogen-bond donors (Lipinski definition) is 2. The van der Waals surface area contributed by atoms with Crippen LogP contribution >= 0.6 is 11.8 Å². The Morgan fingerprint density at radius 2 is 2.35 bits per heavy atom. The molecule has 2 N–H and O–H groups in total. The number of H-pyrrole nitrogens is 1. The van der Waals surface area contributed by atoms with Gasteiger partial charge in [-0.05, 0) is 11.6 Å². The van der Waals surface area contributed by atoms with E-state index in [4.69, 9.17) is 0 Å². The van der Waals surface area contributed by atoms with Gasteiger partial charge in [0.05, 0.1) is 17.2 Å². The number of aromatic amines is 1. The molecule has 0 aliphatic carbocycles. The number of carbonyl (C=O) groups excluding carboxylic acids is 1. The molecule has 0 fully saturated rings. The van der Waals surface area contributed by atoms with Crippen molar-refractivity contribution in [1.29, 1.82) is 0 Å². The Hall–Kier alpha value is -1.82. The van der Waals surface area contributed by atoms with E-state index in [1.807, 2.05) is 18.3 Å². The SMILES string of the molecule is O=C1CS[C@H](c2cccnc2)c2cn[nH]c2N1. The van der Waals surface area contributed by atoms with E-state index in [-0.39, 0.29) is 11.2 Å². The molecule has 0 radical (unpaired) electrons. The van der Waals surface area contributed by atoms with Gasteiger partial charge in [0.25, 0.3) is 0 Å². The predicted molar refractivity (Wildman–Crippen MR) is 65.8 cm³/mol. The molecule has 1 atom stereocenters. The molecule has 0 aromatic carbocycles. The Morgan fingerprint density at radius 1 is 1.41 bits per heavy atom. The molecule has 3 rings (SSSR count). The van der Waals surface area contributed by atoms with Crippen molar-refractivity contribution in [2.24, 2.45) is 0 Å². The van der Waals surface area contributed by atoms with Crippen molar-refractivity contribution < 1.29 is 4.79 Å². The van der Waals surface area contributed by atoms with Crippen LogP contribution in [-0.2, 0) is 4.79 Å². The zero-order chi connectivity index (χ0) is 11.7. The van der Waals surface area contributed by atoms with E-state index in [9.17, 15) is 4.79 Å². The van der Waals surface area contributed by atoms with Crippen molar-refractivity contribution in [3.63, 3.8) is 0 Å². The summed E-state index contributed by atoms with van der Waals surface area (Å²) in [6.45, 7) is 0. The van der Waals surface area contributed by atoms with Gasteiger partial charge in [0.2, 0.25) is 5.91 Å². The number of hydrogen-bond acceptors (Lipinski definition) is 4. The van der Waals surface area contributed by atoms with Crippen LogP contribution in [0.25, 0.3) is 0 Å². The van der Waals surface area contributed by atoms with Crippen LogP contribution in [0.4, 0.5) is 5.82 Å². The van der Waals surface area contributed by atoms with Crippen LogP contribution in [-0.4, -0.2) is 26.8 Å². The van der Waals surface area contributed by atoms with Gasteiger partial charge in [-0.3, -0.25) is 14.9 Å². The normalized spacial score (nSPS) is 19.3. The summed E-state index contributed by atoms with van der Waals surface area (Å²) >= 11 is 1.58. The average molecular weight is 246 g/mol. The average Bonchev–Trinajstić information content (AvgIpc) is 2.73. The summed E-state index contributed by atoms with van der Waals surface area (Å²) in [5.41, 5.74) is 2.07. The van der Waals surface area contributed by atoms with Crippen LogP contribution in [0.3, 0.4) is 0 Å². The minimum absolute atomic E-state index is 0.00751. The molecule has 0 saturated heterocycles. The van der Waals surface area contributed by atoms with Crippen molar-refractivity contribution in [3.05, 3.63) is 41.9 Å². The zero-order valence-electron chi connectivity index (χ0n) is 8.88. The quantitative estimate of drug-likeness (QED) is 0.801. The lowest BCUT2D eigenvalue weighted by molar-refractivity contribution is -0.113. The Bertz CT molecular complexity index is 539. The van der Waals surface area contributed by atoms with E-state index in [1.165, 1.54) is 0 Å². The summed E-state index contributed by atoms with van der Waals surface area (Å²) in [5.74, 6) is 1.11. The Morgan fingerprint density at radius 3 is 3.18 bits per heavy atom. The Kier molecular flexibility index (Phi) is 2.56. The van der Waals surface area contributed by atoms with Crippen LogP contribution in [0.5, 0.6) is 0 Å². The van der Waals surface area contributed by atoms with Gasteiger partial charge in [-0.25, -0.2) is 0 Å². The number of nitrogens with one attached hydrogen (secondary N) is 2. The molecule has 2 aromatic heterocycles. The van der Waals surface area contributed by atoms with Gasteiger partial charge in [0.15, 0.2) is 0 Å². The van der Waals surface area contributed by atoms with E-state index in [1.54, 1.807) is 24.2 Å². The predicted octanol–water partition coefficient (Wildman–Crippen LogP) is 1.58. The summed E-state index contributed by atoms with van der Waals surface area (Å²) in [4.78, 5) is 15.6. The Balaban J connectivity index is 2.04. The van der Waals surface area contributed by atoms with Crippen molar-refractivity contribution in [2.45, 2.75) is 5.25 Å². The van der Waals surface area contributed by atoms with Gasteiger partial charge in [-0.1, -0.05) is 6.07 Å². The van der Waals surface area contributed by atoms with Crippen LogP contribution in [0.15, 0.2) is 30.7 Å². The molecule has 0 unspecified atom stereocenters. The molecule has 1 aliphatic heterocycles. The molecular formula is C11H10N4OS. The van der Waals surface area contributed by atoms with Gasteiger partial charge in [-0.2, -0.15) is 5.10 Å². The fraction of sp³-hybridized carbons (Fsp3) is 0.182. The highest BCUT2D eigenvalue weighted by Gasteiger charge is 2.25. The van der Waals surface area contributed by atoms with E-state index < -0.39 is 0 Å². The summed E-state index contributed by atoms with van der Waals surface area (Å²) in [6.07, 6.45) is 5.32.